The van der Waals surface area contributed by atoms with E-state index in [1.54, 1.807) is 18.0 Å². The molecule has 1 N–H and O–H groups in total. The summed E-state index contributed by atoms with van der Waals surface area (Å²) in [6.45, 7) is 3.61. The number of hydrogen-bond donors (Lipinski definition) is 1. The Hall–Kier alpha value is -1.93. The van der Waals surface area contributed by atoms with Crippen LogP contribution in [0.1, 0.15) is 12.5 Å². The van der Waals surface area contributed by atoms with E-state index in [1.165, 1.54) is 0 Å². The van der Waals surface area contributed by atoms with Crippen LogP contribution < -0.4 is 5.32 Å². The summed E-state index contributed by atoms with van der Waals surface area (Å²) in [4.78, 5) is 1.04. The molecule has 0 aliphatic rings. The van der Waals surface area contributed by atoms with E-state index < -0.39 is 0 Å². The number of thioether (sulfide) groups is 1. The van der Waals surface area contributed by atoms with Crippen LogP contribution in [0.25, 0.3) is 0 Å². The van der Waals surface area contributed by atoms with E-state index in [4.69, 9.17) is 0 Å². The molecule has 0 atom stereocenters. The number of benzene rings is 1. The van der Waals surface area contributed by atoms with Crippen LogP contribution in [0.5, 0.6) is 0 Å². The quantitative estimate of drug-likeness (QED) is 0.821. The highest BCUT2D eigenvalue weighted by Crippen LogP contribution is 2.27. The molecular weight excluding hydrogens is 256 g/mol. The van der Waals surface area contributed by atoms with Gasteiger partial charge in [0, 0.05) is 23.8 Å². The van der Waals surface area contributed by atoms with Crippen LogP contribution in [0, 0.1) is 11.3 Å². The fourth-order valence-corrected chi connectivity index (χ4v) is 2.59. The smallest absolute Gasteiger partial charge is 0.102 e. The van der Waals surface area contributed by atoms with Crippen molar-refractivity contribution in [3.8, 4) is 6.07 Å². The highest BCUT2D eigenvalue weighted by molar-refractivity contribution is 7.99. The molecule has 0 saturated heterocycles. The molecule has 98 valence electrons. The second-order valence-electron chi connectivity index (χ2n) is 3.92. The maximum atomic E-state index is 9.29. The standard InChI is InChI=1S/C14H16N4S/c1-2-19-14-6-3-5-13(12(14)11-15)16-8-10-18-9-4-7-17-18/h3-7,9,16H,2,8,10H2,1H3. The Morgan fingerprint density at radius 3 is 3.00 bits per heavy atom. The third-order valence-electron chi connectivity index (χ3n) is 2.65. The van der Waals surface area contributed by atoms with E-state index in [9.17, 15) is 5.26 Å². The van der Waals surface area contributed by atoms with Gasteiger partial charge in [0.05, 0.1) is 17.8 Å². The molecule has 0 aliphatic carbocycles. The molecule has 0 radical (unpaired) electrons. The zero-order chi connectivity index (χ0) is 13.5. The molecule has 0 unspecified atom stereocenters. The number of rotatable bonds is 6. The maximum absolute atomic E-state index is 9.29. The van der Waals surface area contributed by atoms with Gasteiger partial charge in [0.15, 0.2) is 0 Å². The molecule has 1 aromatic heterocycles. The number of hydrogen-bond acceptors (Lipinski definition) is 4. The van der Waals surface area contributed by atoms with E-state index in [1.807, 2.05) is 35.1 Å². The van der Waals surface area contributed by atoms with Crippen LogP contribution in [-0.4, -0.2) is 22.1 Å². The summed E-state index contributed by atoms with van der Waals surface area (Å²) in [5, 5.41) is 16.7. The second kappa shape index (κ2) is 6.86. The molecule has 0 bridgehead atoms. The van der Waals surface area contributed by atoms with Crippen molar-refractivity contribution < 1.29 is 0 Å². The Morgan fingerprint density at radius 1 is 1.42 bits per heavy atom. The van der Waals surface area contributed by atoms with Gasteiger partial charge in [0.2, 0.25) is 0 Å². The van der Waals surface area contributed by atoms with Gasteiger partial charge in [-0.15, -0.1) is 11.8 Å². The SMILES string of the molecule is CCSc1cccc(NCCn2cccn2)c1C#N. The van der Waals surface area contributed by atoms with Crippen LogP contribution >= 0.6 is 11.8 Å². The van der Waals surface area contributed by atoms with Gasteiger partial charge in [0.1, 0.15) is 6.07 Å². The molecule has 0 amide bonds. The average molecular weight is 272 g/mol. The lowest BCUT2D eigenvalue weighted by molar-refractivity contribution is 0.638. The third-order valence-corrected chi connectivity index (χ3v) is 3.59. The van der Waals surface area contributed by atoms with Crippen molar-refractivity contribution in [1.29, 1.82) is 5.26 Å². The number of nitrogens with one attached hydrogen (secondary N) is 1. The number of nitriles is 1. The summed E-state index contributed by atoms with van der Waals surface area (Å²) in [6.07, 6.45) is 3.69. The second-order valence-corrected chi connectivity index (χ2v) is 5.23. The minimum Gasteiger partial charge on any atom is -0.382 e. The van der Waals surface area contributed by atoms with Crippen molar-refractivity contribution in [3.63, 3.8) is 0 Å². The van der Waals surface area contributed by atoms with E-state index >= 15 is 0 Å². The monoisotopic (exact) mass is 272 g/mol. The summed E-state index contributed by atoms with van der Waals surface area (Å²) in [7, 11) is 0. The summed E-state index contributed by atoms with van der Waals surface area (Å²) >= 11 is 1.69. The predicted octanol–water partition coefficient (Wildman–Crippen LogP) is 2.98. The van der Waals surface area contributed by atoms with Gasteiger partial charge >= 0.3 is 0 Å². The molecule has 2 rings (SSSR count). The molecule has 2 aromatic rings. The minimum absolute atomic E-state index is 0.731. The van der Waals surface area contributed by atoms with Crippen LogP contribution in [-0.2, 0) is 6.54 Å². The maximum Gasteiger partial charge on any atom is 0.102 e. The topological polar surface area (TPSA) is 53.6 Å². The van der Waals surface area contributed by atoms with Gasteiger partial charge in [-0.2, -0.15) is 10.4 Å². The summed E-state index contributed by atoms with van der Waals surface area (Å²) in [5.41, 5.74) is 1.63. The lowest BCUT2D eigenvalue weighted by Crippen LogP contribution is -2.11. The van der Waals surface area contributed by atoms with Gasteiger partial charge in [-0.3, -0.25) is 4.68 Å². The predicted molar refractivity (Wildman–Crippen MR) is 78.3 cm³/mol. The molecule has 19 heavy (non-hydrogen) atoms. The Morgan fingerprint density at radius 2 is 2.32 bits per heavy atom. The molecule has 5 heteroatoms. The molecule has 1 heterocycles. The van der Waals surface area contributed by atoms with Crippen LogP contribution in [0.4, 0.5) is 5.69 Å². The van der Waals surface area contributed by atoms with Gasteiger partial charge in [-0.05, 0) is 24.0 Å². The highest BCUT2D eigenvalue weighted by Gasteiger charge is 2.07. The summed E-state index contributed by atoms with van der Waals surface area (Å²) in [5.74, 6) is 0.964. The van der Waals surface area contributed by atoms with Gasteiger partial charge < -0.3 is 5.32 Å². The average Bonchev–Trinajstić information content (AvgIpc) is 2.93. The molecule has 0 spiro atoms. The molecular formula is C14H16N4S. The Kier molecular flexibility index (Phi) is 4.87. The summed E-state index contributed by atoms with van der Waals surface area (Å²) in [6, 6.07) is 10.1. The largest absolute Gasteiger partial charge is 0.382 e. The lowest BCUT2D eigenvalue weighted by Gasteiger charge is -2.11. The van der Waals surface area contributed by atoms with Gasteiger partial charge in [-0.1, -0.05) is 13.0 Å². The Bertz CT molecular complexity index is 557. The first-order valence-electron chi connectivity index (χ1n) is 6.22. The first kappa shape index (κ1) is 13.5. The third kappa shape index (κ3) is 3.52. The van der Waals surface area contributed by atoms with E-state index in [2.05, 4.69) is 23.4 Å². The van der Waals surface area contributed by atoms with Gasteiger partial charge in [-0.25, -0.2) is 0 Å². The van der Waals surface area contributed by atoms with E-state index in [0.717, 1.165) is 35.0 Å². The van der Waals surface area contributed by atoms with Crippen molar-refractivity contribution in [2.24, 2.45) is 0 Å². The molecule has 1 aromatic carbocycles. The van der Waals surface area contributed by atoms with Gasteiger partial charge in [0.25, 0.3) is 0 Å². The fraction of sp³-hybridized carbons (Fsp3) is 0.286. The van der Waals surface area contributed by atoms with E-state index in [0.29, 0.717) is 0 Å². The highest BCUT2D eigenvalue weighted by atomic mass is 32.2. The molecule has 0 saturated carbocycles. The van der Waals surface area contributed by atoms with Crippen molar-refractivity contribution in [1.82, 2.24) is 9.78 Å². The van der Waals surface area contributed by atoms with E-state index in [-0.39, 0.29) is 0 Å². The van der Waals surface area contributed by atoms with Crippen molar-refractivity contribution in [3.05, 3.63) is 42.2 Å². The number of nitrogens with zero attached hydrogens (tertiary/aromatic N) is 3. The summed E-state index contributed by atoms with van der Waals surface area (Å²) < 4.78 is 1.86. The normalized spacial score (nSPS) is 10.1. The number of aromatic nitrogens is 2. The number of anilines is 1. The fourth-order valence-electron chi connectivity index (χ4n) is 1.81. The van der Waals surface area contributed by atoms with Crippen LogP contribution in [0.2, 0.25) is 0 Å². The Labute approximate surface area is 117 Å². The van der Waals surface area contributed by atoms with Crippen LogP contribution in [0.15, 0.2) is 41.6 Å². The lowest BCUT2D eigenvalue weighted by atomic mass is 10.2. The minimum atomic E-state index is 0.731. The van der Waals surface area contributed by atoms with Crippen molar-refractivity contribution in [2.45, 2.75) is 18.4 Å². The molecule has 0 aliphatic heterocycles. The zero-order valence-corrected chi connectivity index (χ0v) is 11.7. The van der Waals surface area contributed by atoms with Crippen LogP contribution in [0.3, 0.4) is 0 Å². The molecule has 4 nitrogen and oxygen atoms in total. The zero-order valence-electron chi connectivity index (χ0n) is 10.8. The first-order chi connectivity index (χ1) is 9.35. The Balaban J connectivity index is 2.03. The molecule has 0 fully saturated rings. The van der Waals surface area contributed by atoms with Crippen molar-refractivity contribution >= 4 is 17.4 Å². The van der Waals surface area contributed by atoms with Crippen molar-refractivity contribution in [2.75, 3.05) is 17.6 Å². The first-order valence-corrected chi connectivity index (χ1v) is 7.21.